The number of nitriles is 1. The predicted molar refractivity (Wildman–Crippen MR) is 57.0 cm³/mol. The standard InChI is InChI=1S/C10H5FN6/c11-9-3-7(15-16-13)1-2-10(9)17-5-8(4-12)14-6-17/h1-3,5-6H. The Morgan fingerprint density at radius 1 is 1.53 bits per heavy atom. The third-order valence-electron chi connectivity index (χ3n) is 2.07. The molecule has 6 nitrogen and oxygen atoms in total. The van der Waals surface area contributed by atoms with Gasteiger partial charge in [0.05, 0.1) is 5.69 Å². The summed E-state index contributed by atoms with van der Waals surface area (Å²) >= 11 is 0. The quantitative estimate of drug-likeness (QED) is 0.449. The van der Waals surface area contributed by atoms with Gasteiger partial charge in [0.2, 0.25) is 0 Å². The maximum Gasteiger partial charge on any atom is 0.158 e. The normalized spacial score (nSPS) is 9.41. The van der Waals surface area contributed by atoms with Gasteiger partial charge in [-0.3, -0.25) is 0 Å². The summed E-state index contributed by atoms with van der Waals surface area (Å²) in [5, 5.41) is 11.9. The molecule has 2 rings (SSSR count). The van der Waals surface area contributed by atoms with E-state index >= 15 is 0 Å². The van der Waals surface area contributed by atoms with Crippen molar-refractivity contribution in [2.24, 2.45) is 5.11 Å². The van der Waals surface area contributed by atoms with Crippen molar-refractivity contribution in [2.45, 2.75) is 0 Å². The van der Waals surface area contributed by atoms with Gasteiger partial charge in [-0.2, -0.15) is 5.26 Å². The van der Waals surface area contributed by atoms with Gasteiger partial charge in [-0.05, 0) is 17.7 Å². The van der Waals surface area contributed by atoms with Gasteiger partial charge in [0, 0.05) is 16.8 Å². The summed E-state index contributed by atoms with van der Waals surface area (Å²) in [6.07, 6.45) is 2.75. The molecule has 82 valence electrons. The van der Waals surface area contributed by atoms with Gasteiger partial charge < -0.3 is 4.57 Å². The molecule has 0 N–H and O–H groups in total. The highest BCUT2D eigenvalue weighted by Crippen LogP contribution is 2.20. The van der Waals surface area contributed by atoms with Crippen LogP contribution in [0.1, 0.15) is 5.69 Å². The summed E-state index contributed by atoms with van der Waals surface area (Å²) in [6.45, 7) is 0. The average molecular weight is 228 g/mol. The van der Waals surface area contributed by atoms with Crippen molar-refractivity contribution in [1.82, 2.24) is 9.55 Å². The largest absolute Gasteiger partial charge is 0.302 e. The van der Waals surface area contributed by atoms with Crippen LogP contribution in [-0.4, -0.2) is 9.55 Å². The first-order valence-electron chi connectivity index (χ1n) is 4.53. The highest BCUT2D eigenvalue weighted by molar-refractivity contribution is 5.46. The number of azide groups is 1. The topological polar surface area (TPSA) is 90.4 Å². The molecule has 1 aromatic heterocycles. The molecule has 7 heteroatoms. The summed E-state index contributed by atoms with van der Waals surface area (Å²) in [5.41, 5.74) is 8.84. The maximum absolute atomic E-state index is 13.7. The fraction of sp³-hybridized carbons (Fsp3) is 0. The third kappa shape index (κ3) is 2.07. The van der Waals surface area contributed by atoms with Crippen LogP contribution in [0.5, 0.6) is 0 Å². The van der Waals surface area contributed by atoms with E-state index in [1.807, 2.05) is 6.07 Å². The van der Waals surface area contributed by atoms with Crippen LogP contribution in [0.2, 0.25) is 0 Å². The van der Waals surface area contributed by atoms with Crippen LogP contribution in [0.25, 0.3) is 16.1 Å². The fourth-order valence-corrected chi connectivity index (χ4v) is 1.33. The molecule has 0 saturated heterocycles. The number of rotatable bonds is 2. The predicted octanol–water partition coefficient (Wildman–Crippen LogP) is 2.82. The molecule has 0 atom stereocenters. The Labute approximate surface area is 95.2 Å². The Kier molecular flexibility index (Phi) is 2.73. The smallest absolute Gasteiger partial charge is 0.158 e. The lowest BCUT2D eigenvalue weighted by Crippen LogP contribution is -1.93. The van der Waals surface area contributed by atoms with E-state index in [2.05, 4.69) is 15.0 Å². The summed E-state index contributed by atoms with van der Waals surface area (Å²) in [7, 11) is 0. The van der Waals surface area contributed by atoms with Crippen molar-refractivity contribution < 1.29 is 4.39 Å². The second-order valence-corrected chi connectivity index (χ2v) is 3.10. The second-order valence-electron chi connectivity index (χ2n) is 3.10. The number of imidazole rings is 1. The highest BCUT2D eigenvalue weighted by atomic mass is 19.1. The highest BCUT2D eigenvalue weighted by Gasteiger charge is 2.06. The first-order chi connectivity index (χ1) is 8.24. The lowest BCUT2D eigenvalue weighted by molar-refractivity contribution is 0.618. The molecule has 0 aliphatic heterocycles. The Balaban J connectivity index is 2.46. The zero-order valence-corrected chi connectivity index (χ0v) is 8.45. The number of aromatic nitrogens is 2. The number of hydrogen-bond donors (Lipinski definition) is 0. The molecule has 0 aliphatic carbocycles. The van der Waals surface area contributed by atoms with E-state index in [4.69, 9.17) is 10.8 Å². The Morgan fingerprint density at radius 2 is 2.35 bits per heavy atom. The zero-order valence-electron chi connectivity index (χ0n) is 8.45. The van der Waals surface area contributed by atoms with Gasteiger partial charge in [0.25, 0.3) is 0 Å². The molecule has 0 fully saturated rings. The molecule has 1 aromatic carbocycles. The van der Waals surface area contributed by atoms with E-state index in [1.165, 1.54) is 29.2 Å². The lowest BCUT2D eigenvalue weighted by Gasteiger charge is -2.03. The van der Waals surface area contributed by atoms with E-state index in [-0.39, 0.29) is 17.1 Å². The van der Waals surface area contributed by atoms with Crippen molar-refractivity contribution >= 4 is 5.69 Å². The van der Waals surface area contributed by atoms with Gasteiger partial charge in [0.15, 0.2) is 5.69 Å². The van der Waals surface area contributed by atoms with Crippen molar-refractivity contribution in [2.75, 3.05) is 0 Å². The summed E-state index contributed by atoms with van der Waals surface area (Å²) in [5.74, 6) is -0.559. The van der Waals surface area contributed by atoms with Gasteiger partial charge in [-0.1, -0.05) is 11.2 Å². The Hall–Kier alpha value is -2.84. The van der Waals surface area contributed by atoms with Crippen LogP contribution in [0.4, 0.5) is 10.1 Å². The molecule has 0 bridgehead atoms. The number of hydrogen-bond acceptors (Lipinski definition) is 3. The molecule has 0 saturated carbocycles. The van der Waals surface area contributed by atoms with Crippen LogP contribution in [-0.2, 0) is 0 Å². The van der Waals surface area contributed by atoms with Gasteiger partial charge in [-0.25, -0.2) is 9.37 Å². The molecule has 1 heterocycles. The van der Waals surface area contributed by atoms with E-state index in [1.54, 1.807) is 0 Å². The monoisotopic (exact) mass is 228 g/mol. The van der Waals surface area contributed by atoms with Crippen molar-refractivity contribution in [1.29, 1.82) is 5.26 Å². The number of nitrogens with zero attached hydrogens (tertiary/aromatic N) is 6. The zero-order chi connectivity index (χ0) is 12.3. The molecule has 17 heavy (non-hydrogen) atoms. The molecule has 0 unspecified atom stereocenters. The van der Waals surface area contributed by atoms with Crippen LogP contribution in [0, 0.1) is 17.1 Å². The van der Waals surface area contributed by atoms with E-state index in [0.29, 0.717) is 0 Å². The number of benzene rings is 1. The van der Waals surface area contributed by atoms with Gasteiger partial charge in [0.1, 0.15) is 18.2 Å². The van der Waals surface area contributed by atoms with Crippen LogP contribution < -0.4 is 0 Å². The van der Waals surface area contributed by atoms with E-state index in [0.717, 1.165) is 6.07 Å². The Morgan fingerprint density at radius 3 is 2.94 bits per heavy atom. The molecular weight excluding hydrogens is 223 g/mol. The van der Waals surface area contributed by atoms with E-state index < -0.39 is 5.82 Å². The molecule has 0 aliphatic rings. The van der Waals surface area contributed by atoms with Gasteiger partial charge >= 0.3 is 0 Å². The lowest BCUT2D eigenvalue weighted by atomic mass is 10.2. The fourth-order valence-electron chi connectivity index (χ4n) is 1.33. The number of halogens is 1. The molecular formula is C10H5FN6. The summed E-state index contributed by atoms with van der Waals surface area (Å²) < 4.78 is 15.0. The first kappa shape index (κ1) is 10.7. The maximum atomic E-state index is 13.7. The van der Waals surface area contributed by atoms with Crippen LogP contribution >= 0.6 is 0 Å². The third-order valence-corrected chi connectivity index (χ3v) is 2.07. The summed E-state index contributed by atoms with van der Waals surface area (Å²) in [4.78, 5) is 6.33. The molecule has 0 amide bonds. The average Bonchev–Trinajstić information content (AvgIpc) is 2.78. The SMILES string of the molecule is N#Cc1cn(-c2ccc(N=[N+]=[N-])cc2F)cn1. The first-order valence-corrected chi connectivity index (χ1v) is 4.53. The molecule has 2 aromatic rings. The minimum absolute atomic E-state index is 0.189. The van der Waals surface area contributed by atoms with Crippen LogP contribution in [0.15, 0.2) is 35.8 Å². The second kappa shape index (κ2) is 4.35. The minimum Gasteiger partial charge on any atom is -0.302 e. The van der Waals surface area contributed by atoms with Gasteiger partial charge in [-0.15, -0.1) is 0 Å². The minimum atomic E-state index is -0.559. The van der Waals surface area contributed by atoms with E-state index in [9.17, 15) is 4.39 Å². The Bertz CT molecular complexity index is 647. The molecule has 0 radical (unpaired) electrons. The summed E-state index contributed by atoms with van der Waals surface area (Å²) in [6, 6.07) is 5.88. The molecule has 0 spiro atoms. The van der Waals surface area contributed by atoms with Crippen LogP contribution in [0.3, 0.4) is 0 Å². The van der Waals surface area contributed by atoms with Crippen molar-refractivity contribution in [3.8, 4) is 11.8 Å². The van der Waals surface area contributed by atoms with Crippen molar-refractivity contribution in [3.05, 3.63) is 52.7 Å². The van der Waals surface area contributed by atoms with Crippen molar-refractivity contribution in [3.63, 3.8) is 0 Å².